The Morgan fingerprint density at radius 3 is 2.69 bits per heavy atom. The molecule has 1 spiro atoms. The van der Waals surface area contributed by atoms with Crippen LogP contribution in [0, 0.1) is 17.8 Å². The van der Waals surface area contributed by atoms with Crippen LogP contribution < -0.4 is 0 Å². The number of allylic oxidation sites excluding steroid dienone is 1. The monoisotopic (exact) mass is 593 g/mol. The van der Waals surface area contributed by atoms with Gasteiger partial charge < -0.3 is 19.6 Å². The van der Waals surface area contributed by atoms with Gasteiger partial charge in [0.2, 0.25) is 11.8 Å². The van der Waals surface area contributed by atoms with Crippen molar-refractivity contribution >= 4 is 40.6 Å². The van der Waals surface area contributed by atoms with E-state index in [1.54, 1.807) is 14.5 Å². The number of hydrogen-bond donors (Lipinski definition) is 1. The highest BCUT2D eigenvalue weighted by atomic mass is 32.2. The van der Waals surface area contributed by atoms with Crippen molar-refractivity contribution in [3.8, 4) is 0 Å². The first kappa shape index (κ1) is 28.9. The minimum absolute atomic E-state index is 0.157. The van der Waals surface area contributed by atoms with E-state index in [1.807, 2.05) is 57.2 Å². The maximum absolute atomic E-state index is 14.7. The third-order valence-electron chi connectivity index (χ3n) is 9.09. The van der Waals surface area contributed by atoms with E-state index >= 15 is 0 Å². The van der Waals surface area contributed by atoms with Crippen LogP contribution in [0.2, 0.25) is 0 Å². The predicted octanol–water partition coefficient (Wildman–Crippen LogP) is 3.17. The second kappa shape index (κ2) is 11.1. The van der Waals surface area contributed by atoms with Crippen LogP contribution in [0.1, 0.15) is 46.5 Å². The number of carbonyl (C=O) groups is 3. The summed E-state index contributed by atoms with van der Waals surface area (Å²) in [5.41, 5.74) is 1.54. The molecule has 1 aromatic carbocycles. The highest BCUT2D eigenvalue weighted by Gasteiger charge is 2.74. The molecule has 42 heavy (non-hydrogen) atoms. The van der Waals surface area contributed by atoms with Crippen LogP contribution in [-0.4, -0.2) is 89.0 Å². The average Bonchev–Trinajstić information content (AvgIpc) is 3.52. The first-order valence-corrected chi connectivity index (χ1v) is 15.7. The van der Waals surface area contributed by atoms with Gasteiger partial charge in [-0.3, -0.25) is 14.4 Å². The van der Waals surface area contributed by atoms with Crippen molar-refractivity contribution in [2.75, 3.05) is 19.8 Å². The largest absolute Gasteiger partial charge is 0.465 e. The summed E-state index contributed by atoms with van der Waals surface area (Å²) in [5, 5.41) is 19.1. The van der Waals surface area contributed by atoms with Gasteiger partial charge in [0, 0.05) is 11.3 Å². The summed E-state index contributed by atoms with van der Waals surface area (Å²) >= 11 is 1.52. The van der Waals surface area contributed by atoms with Crippen LogP contribution in [0.4, 0.5) is 0 Å². The van der Waals surface area contributed by atoms with Crippen molar-refractivity contribution in [1.29, 1.82) is 0 Å². The summed E-state index contributed by atoms with van der Waals surface area (Å²) in [5.74, 6) is -2.28. The van der Waals surface area contributed by atoms with Crippen LogP contribution >= 0.6 is 11.8 Å². The van der Waals surface area contributed by atoms with Crippen LogP contribution in [0.3, 0.4) is 0 Å². The van der Waals surface area contributed by atoms with Gasteiger partial charge in [0.15, 0.2) is 0 Å². The standard InChI is InChI=1S/C31H39N5O5S/c1-20(2)17-21(18-37)36-26-28(39)34(19-35-23-12-7-6-11-22(23)32-33-35)15-10-14-31(26)24(27(36)38)25-29(40)41-16-9-5-4-8-13-30(25,3)42-31/h6-8,10-14,20-21,24-26,37H,4-5,9,15-19H2,1-3H3/b13-8-/t21-,24+,25+,26?,30-,31+/m1/s1. The van der Waals surface area contributed by atoms with Crippen molar-refractivity contribution in [1.82, 2.24) is 24.8 Å². The molecular weight excluding hydrogens is 554 g/mol. The SMILES string of the molecule is CC(C)C[C@H](CO)N1C(=O)[C@@H]2[C@H]3C(=O)OCCCC/C=C\[C@@]3(C)S[C@@]23C=CCN(Cn2nnc4ccccc42)C(=O)C13. The van der Waals surface area contributed by atoms with Gasteiger partial charge in [0.1, 0.15) is 18.2 Å². The maximum atomic E-state index is 14.7. The van der Waals surface area contributed by atoms with Crippen molar-refractivity contribution in [3.05, 3.63) is 48.6 Å². The molecule has 0 bridgehead atoms. The first-order valence-electron chi connectivity index (χ1n) is 14.9. The average molecular weight is 594 g/mol. The Morgan fingerprint density at radius 1 is 1.10 bits per heavy atom. The van der Waals surface area contributed by atoms with Crippen molar-refractivity contribution in [3.63, 3.8) is 0 Å². The number of nitrogens with zero attached hydrogens (tertiary/aromatic N) is 5. The highest BCUT2D eigenvalue weighted by Crippen LogP contribution is 2.65. The van der Waals surface area contributed by atoms with Crippen LogP contribution in [0.5, 0.6) is 0 Å². The number of aliphatic hydroxyl groups excluding tert-OH is 1. The maximum Gasteiger partial charge on any atom is 0.311 e. The van der Waals surface area contributed by atoms with Gasteiger partial charge in [0.25, 0.3) is 0 Å². The molecule has 5 heterocycles. The van der Waals surface area contributed by atoms with E-state index in [1.165, 1.54) is 11.8 Å². The number of thioether (sulfide) groups is 1. The number of carbonyl (C=O) groups excluding carboxylic acids is 3. The van der Waals surface area contributed by atoms with E-state index in [9.17, 15) is 19.5 Å². The number of amides is 2. The first-order chi connectivity index (χ1) is 20.2. The number of hydrogen-bond acceptors (Lipinski definition) is 8. The number of esters is 1. The van der Waals surface area contributed by atoms with Crippen molar-refractivity contribution in [2.24, 2.45) is 17.8 Å². The quantitative estimate of drug-likeness (QED) is 0.401. The van der Waals surface area contributed by atoms with Gasteiger partial charge >= 0.3 is 5.97 Å². The number of fused-ring (bicyclic) bond motifs is 3. The smallest absolute Gasteiger partial charge is 0.311 e. The zero-order chi connectivity index (χ0) is 29.6. The van der Waals surface area contributed by atoms with E-state index in [2.05, 4.69) is 22.5 Å². The molecule has 0 radical (unpaired) electrons. The highest BCUT2D eigenvalue weighted by molar-refractivity contribution is 8.02. The molecular formula is C31H39N5O5S. The molecule has 11 heteroatoms. The number of aromatic nitrogens is 3. The molecule has 4 aliphatic rings. The minimum Gasteiger partial charge on any atom is -0.465 e. The third-order valence-corrected chi connectivity index (χ3v) is 10.9. The van der Waals surface area contributed by atoms with Crippen LogP contribution in [0.25, 0.3) is 11.0 Å². The molecule has 0 saturated carbocycles. The lowest BCUT2D eigenvalue weighted by Gasteiger charge is -2.40. The summed E-state index contributed by atoms with van der Waals surface area (Å²) in [7, 11) is 0. The van der Waals surface area contributed by atoms with Gasteiger partial charge in [0.05, 0.1) is 41.4 Å². The lowest BCUT2D eigenvalue weighted by molar-refractivity contribution is -0.155. The normalized spacial score (nSPS) is 32.9. The molecule has 4 aliphatic heterocycles. The fourth-order valence-electron chi connectivity index (χ4n) is 7.31. The van der Waals surface area contributed by atoms with E-state index in [-0.39, 0.29) is 31.0 Å². The molecule has 2 fully saturated rings. The van der Waals surface area contributed by atoms with Gasteiger partial charge in [-0.1, -0.05) is 55.5 Å². The molecule has 1 N–H and O–H groups in total. The molecule has 2 saturated heterocycles. The van der Waals surface area contributed by atoms with E-state index in [4.69, 9.17) is 4.74 Å². The predicted molar refractivity (Wildman–Crippen MR) is 159 cm³/mol. The van der Waals surface area contributed by atoms with Crippen molar-refractivity contribution in [2.45, 2.75) is 74.7 Å². The number of cyclic esters (lactones) is 1. The Balaban J connectivity index is 1.46. The number of benzene rings is 1. The zero-order valence-electron chi connectivity index (χ0n) is 24.4. The van der Waals surface area contributed by atoms with Gasteiger partial charge in [-0.2, -0.15) is 0 Å². The second-order valence-corrected chi connectivity index (χ2v) is 14.2. The Labute approximate surface area is 250 Å². The van der Waals surface area contributed by atoms with Crippen LogP contribution in [-0.2, 0) is 25.8 Å². The molecule has 6 atom stereocenters. The summed E-state index contributed by atoms with van der Waals surface area (Å²) in [6.07, 6.45) is 11.2. The lowest BCUT2D eigenvalue weighted by atomic mass is 9.74. The second-order valence-electron chi connectivity index (χ2n) is 12.5. The summed E-state index contributed by atoms with van der Waals surface area (Å²) in [4.78, 5) is 46.4. The molecule has 1 aromatic heterocycles. The molecule has 2 aromatic rings. The Kier molecular flexibility index (Phi) is 7.67. The summed E-state index contributed by atoms with van der Waals surface area (Å²) in [6, 6.07) is 6.11. The summed E-state index contributed by atoms with van der Waals surface area (Å²) in [6.45, 7) is 6.57. The third kappa shape index (κ3) is 4.65. The van der Waals surface area contributed by atoms with Gasteiger partial charge in [-0.05, 0) is 50.7 Å². The Bertz CT molecular complexity index is 1440. The van der Waals surface area contributed by atoms with E-state index in [0.29, 0.717) is 19.6 Å². The Hall–Kier alpha value is -3.18. The molecule has 2 amide bonds. The van der Waals surface area contributed by atoms with Gasteiger partial charge in [-0.25, -0.2) is 4.68 Å². The zero-order valence-corrected chi connectivity index (χ0v) is 25.2. The van der Waals surface area contributed by atoms with E-state index < -0.39 is 39.4 Å². The molecule has 224 valence electrons. The van der Waals surface area contributed by atoms with E-state index in [0.717, 1.165) is 30.3 Å². The topological polar surface area (TPSA) is 118 Å². The number of para-hydroxylation sites is 1. The number of likely N-dealkylation sites (tertiary alicyclic amines) is 1. The van der Waals surface area contributed by atoms with Gasteiger partial charge in [-0.15, -0.1) is 16.9 Å². The Morgan fingerprint density at radius 2 is 1.90 bits per heavy atom. The molecule has 0 aliphatic carbocycles. The molecule has 10 nitrogen and oxygen atoms in total. The van der Waals surface area contributed by atoms with Crippen molar-refractivity contribution < 1.29 is 24.2 Å². The fraction of sp³-hybridized carbons (Fsp3) is 0.581. The number of ether oxygens (including phenoxy) is 1. The molecule has 6 rings (SSSR count). The van der Waals surface area contributed by atoms with Crippen LogP contribution in [0.15, 0.2) is 48.6 Å². The number of aliphatic hydroxyl groups is 1. The summed E-state index contributed by atoms with van der Waals surface area (Å²) < 4.78 is 5.71. The minimum atomic E-state index is -1.01. The number of rotatable bonds is 6. The lowest BCUT2D eigenvalue weighted by Crippen LogP contribution is -2.57. The fourth-order valence-corrected chi connectivity index (χ4v) is 9.45. The molecule has 1 unspecified atom stereocenters.